The van der Waals surface area contributed by atoms with E-state index in [1.54, 1.807) is 11.3 Å². The fraction of sp³-hybridized carbons (Fsp3) is 0. The van der Waals surface area contributed by atoms with Gasteiger partial charge in [-0.1, -0.05) is 35.9 Å². The van der Waals surface area contributed by atoms with Gasteiger partial charge in [0.1, 0.15) is 0 Å². The van der Waals surface area contributed by atoms with Gasteiger partial charge in [-0.05, 0) is 17.5 Å². The molecule has 16 heavy (non-hydrogen) atoms. The van der Waals surface area contributed by atoms with Crippen molar-refractivity contribution in [3.05, 3.63) is 53.1 Å². The lowest BCUT2D eigenvalue weighted by Gasteiger charge is -2.02. The number of fused-ring (bicyclic) bond motifs is 1. The van der Waals surface area contributed by atoms with Crippen molar-refractivity contribution in [3.8, 4) is 10.4 Å². The van der Waals surface area contributed by atoms with Gasteiger partial charge in [0.15, 0.2) is 0 Å². The summed E-state index contributed by atoms with van der Waals surface area (Å²) in [5.74, 6) is 0. The molecule has 3 rings (SSSR count). The van der Waals surface area contributed by atoms with Gasteiger partial charge in [0.05, 0.1) is 4.34 Å². The van der Waals surface area contributed by atoms with E-state index < -0.39 is 0 Å². The van der Waals surface area contributed by atoms with Crippen LogP contribution >= 0.6 is 22.9 Å². The zero-order valence-corrected chi connectivity index (χ0v) is 9.92. The van der Waals surface area contributed by atoms with E-state index in [-0.39, 0.29) is 0 Å². The first kappa shape index (κ1) is 9.82. The SMILES string of the molecule is Clc1ccc(-c2cncc3ccccc23)s1. The van der Waals surface area contributed by atoms with Crippen LogP contribution in [0.3, 0.4) is 0 Å². The molecule has 78 valence electrons. The normalized spacial score (nSPS) is 10.8. The van der Waals surface area contributed by atoms with E-state index in [4.69, 9.17) is 11.6 Å². The highest BCUT2D eigenvalue weighted by Crippen LogP contribution is 2.34. The van der Waals surface area contributed by atoms with E-state index in [1.165, 1.54) is 5.39 Å². The molecule has 3 heteroatoms. The lowest BCUT2D eigenvalue weighted by molar-refractivity contribution is 1.37. The Morgan fingerprint density at radius 2 is 1.88 bits per heavy atom. The number of rotatable bonds is 1. The molecular weight excluding hydrogens is 238 g/mol. The molecule has 0 aliphatic heterocycles. The van der Waals surface area contributed by atoms with Crippen LogP contribution in [0.5, 0.6) is 0 Å². The first-order valence-corrected chi connectivity index (χ1v) is 6.12. The molecule has 0 N–H and O–H groups in total. The third-order valence-electron chi connectivity index (χ3n) is 2.51. The second kappa shape index (κ2) is 3.89. The quantitative estimate of drug-likeness (QED) is 0.610. The van der Waals surface area contributed by atoms with Crippen molar-refractivity contribution in [3.63, 3.8) is 0 Å². The van der Waals surface area contributed by atoms with Crippen LogP contribution in [0.25, 0.3) is 21.2 Å². The summed E-state index contributed by atoms with van der Waals surface area (Å²) in [5, 5.41) is 2.38. The molecule has 1 nitrogen and oxygen atoms in total. The van der Waals surface area contributed by atoms with Crippen LogP contribution in [-0.4, -0.2) is 4.98 Å². The highest BCUT2D eigenvalue weighted by molar-refractivity contribution is 7.19. The summed E-state index contributed by atoms with van der Waals surface area (Å²) in [6.45, 7) is 0. The number of aromatic nitrogens is 1. The van der Waals surface area contributed by atoms with Crippen LogP contribution < -0.4 is 0 Å². The highest BCUT2D eigenvalue weighted by atomic mass is 35.5. The zero-order valence-electron chi connectivity index (χ0n) is 8.35. The third kappa shape index (κ3) is 1.60. The highest BCUT2D eigenvalue weighted by Gasteiger charge is 2.05. The Morgan fingerprint density at radius 1 is 1.00 bits per heavy atom. The number of hydrogen-bond acceptors (Lipinski definition) is 2. The summed E-state index contributed by atoms with van der Waals surface area (Å²) in [7, 11) is 0. The molecule has 0 amide bonds. The minimum Gasteiger partial charge on any atom is -0.263 e. The summed E-state index contributed by atoms with van der Waals surface area (Å²) in [6.07, 6.45) is 3.78. The van der Waals surface area contributed by atoms with Gasteiger partial charge in [-0.15, -0.1) is 11.3 Å². The van der Waals surface area contributed by atoms with E-state index in [0.29, 0.717) is 0 Å². The molecule has 0 bridgehead atoms. The maximum atomic E-state index is 5.96. The maximum Gasteiger partial charge on any atom is 0.0934 e. The second-order valence-electron chi connectivity index (χ2n) is 3.51. The molecule has 0 aliphatic carbocycles. The summed E-state index contributed by atoms with van der Waals surface area (Å²) >= 11 is 7.54. The molecule has 2 heterocycles. The van der Waals surface area contributed by atoms with Gasteiger partial charge in [0.25, 0.3) is 0 Å². The van der Waals surface area contributed by atoms with Crippen molar-refractivity contribution >= 4 is 33.7 Å². The van der Waals surface area contributed by atoms with Crippen LogP contribution in [-0.2, 0) is 0 Å². The van der Waals surface area contributed by atoms with E-state index in [9.17, 15) is 0 Å². The average Bonchev–Trinajstić information content (AvgIpc) is 2.75. The first-order valence-electron chi connectivity index (χ1n) is 4.93. The topological polar surface area (TPSA) is 12.9 Å². The molecule has 0 saturated carbocycles. The molecule has 1 aromatic carbocycles. The predicted molar refractivity (Wildman–Crippen MR) is 70.1 cm³/mol. The molecule has 0 aliphatic rings. The fourth-order valence-corrected chi connectivity index (χ4v) is 2.84. The van der Waals surface area contributed by atoms with Gasteiger partial charge in [0, 0.05) is 28.2 Å². The number of thiophene rings is 1. The van der Waals surface area contributed by atoms with Crippen LogP contribution in [0.1, 0.15) is 0 Å². The summed E-state index contributed by atoms with van der Waals surface area (Å²) in [6, 6.07) is 12.2. The van der Waals surface area contributed by atoms with Crippen LogP contribution in [0, 0.1) is 0 Å². The van der Waals surface area contributed by atoms with E-state index in [2.05, 4.69) is 17.1 Å². The standard InChI is InChI=1S/C13H8ClNS/c14-13-6-5-12(16-13)11-8-15-7-9-3-1-2-4-10(9)11/h1-8H. The molecule has 2 aromatic heterocycles. The fourth-order valence-electron chi connectivity index (χ4n) is 1.77. The van der Waals surface area contributed by atoms with Crippen molar-refractivity contribution < 1.29 is 0 Å². The first-order chi connectivity index (χ1) is 7.84. The zero-order chi connectivity index (χ0) is 11.0. The minimum atomic E-state index is 0.808. The van der Waals surface area contributed by atoms with E-state index >= 15 is 0 Å². The number of hydrogen-bond donors (Lipinski definition) is 0. The van der Waals surface area contributed by atoms with Crippen LogP contribution in [0.15, 0.2) is 48.8 Å². The van der Waals surface area contributed by atoms with E-state index in [1.807, 2.05) is 36.7 Å². The summed E-state index contributed by atoms with van der Waals surface area (Å²) < 4.78 is 0.808. The number of halogens is 1. The predicted octanol–water partition coefficient (Wildman–Crippen LogP) is 4.62. The van der Waals surface area contributed by atoms with Crippen molar-refractivity contribution in [2.24, 2.45) is 0 Å². The number of benzene rings is 1. The Kier molecular flexibility index (Phi) is 2.39. The van der Waals surface area contributed by atoms with Crippen molar-refractivity contribution in [1.82, 2.24) is 4.98 Å². The Balaban J connectivity index is 2.31. The largest absolute Gasteiger partial charge is 0.263 e. The van der Waals surface area contributed by atoms with Crippen molar-refractivity contribution in [2.45, 2.75) is 0 Å². The molecule has 0 fully saturated rings. The Hall–Kier alpha value is -1.38. The van der Waals surface area contributed by atoms with Crippen molar-refractivity contribution in [1.29, 1.82) is 0 Å². The Morgan fingerprint density at radius 3 is 2.69 bits per heavy atom. The summed E-state index contributed by atoms with van der Waals surface area (Å²) in [5.41, 5.74) is 1.15. The Labute approximate surface area is 102 Å². The molecule has 0 unspecified atom stereocenters. The monoisotopic (exact) mass is 245 g/mol. The molecule has 0 spiro atoms. The third-order valence-corrected chi connectivity index (χ3v) is 3.77. The lowest BCUT2D eigenvalue weighted by atomic mass is 10.1. The van der Waals surface area contributed by atoms with Gasteiger partial charge in [0.2, 0.25) is 0 Å². The summed E-state index contributed by atoms with van der Waals surface area (Å²) in [4.78, 5) is 5.42. The van der Waals surface area contributed by atoms with Gasteiger partial charge in [-0.2, -0.15) is 0 Å². The number of pyridine rings is 1. The molecule has 0 saturated heterocycles. The molecule has 0 radical (unpaired) electrons. The second-order valence-corrected chi connectivity index (χ2v) is 5.23. The molecular formula is C13H8ClNS. The molecule has 3 aromatic rings. The molecule has 0 atom stereocenters. The average molecular weight is 246 g/mol. The van der Waals surface area contributed by atoms with E-state index in [0.717, 1.165) is 20.2 Å². The minimum absolute atomic E-state index is 0.808. The van der Waals surface area contributed by atoms with Crippen LogP contribution in [0.4, 0.5) is 0 Å². The Bertz CT molecular complexity index is 640. The van der Waals surface area contributed by atoms with Gasteiger partial charge in [-0.25, -0.2) is 0 Å². The maximum absolute atomic E-state index is 5.96. The lowest BCUT2D eigenvalue weighted by Crippen LogP contribution is -1.80. The number of nitrogens with zero attached hydrogens (tertiary/aromatic N) is 1. The van der Waals surface area contributed by atoms with Gasteiger partial charge < -0.3 is 0 Å². The smallest absolute Gasteiger partial charge is 0.0934 e. The van der Waals surface area contributed by atoms with Crippen molar-refractivity contribution in [2.75, 3.05) is 0 Å². The van der Waals surface area contributed by atoms with Crippen LogP contribution in [0.2, 0.25) is 4.34 Å². The van der Waals surface area contributed by atoms with Gasteiger partial charge in [-0.3, -0.25) is 4.98 Å². The van der Waals surface area contributed by atoms with Gasteiger partial charge >= 0.3 is 0 Å².